The molecular weight excluding hydrogens is 414 g/mol. The molecule has 74 valence electrons. The van der Waals surface area contributed by atoms with Crippen LogP contribution in [0.2, 0.25) is 0 Å². The van der Waals surface area contributed by atoms with Crippen LogP contribution in [0.1, 0.15) is 0 Å². The smallest absolute Gasteiger partial charge is 0.271 e. The van der Waals surface area contributed by atoms with Crippen LogP contribution in [0.5, 0.6) is 0 Å². The summed E-state index contributed by atoms with van der Waals surface area (Å²) in [5.74, 6) is 0. The quantitative estimate of drug-likeness (QED) is 0.355. The first kappa shape index (κ1) is 11.6. The Kier molecular flexibility index (Phi) is 4.04. The van der Waals surface area contributed by atoms with E-state index in [-0.39, 0.29) is 5.69 Å². The van der Waals surface area contributed by atoms with Gasteiger partial charge < -0.3 is 5.32 Å². The Hall–Kier alpha value is -0.450. The van der Waals surface area contributed by atoms with Gasteiger partial charge in [-0.1, -0.05) is 0 Å². The molecule has 14 heavy (non-hydrogen) atoms. The standard InChI is InChI=1S/C7H4I2N2O3/c8-5-1-4(11(13)14)2-6(9)7(5)10-3-12/h1-3H,(H,10,12). The van der Waals surface area contributed by atoms with Crippen molar-refractivity contribution < 1.29 is 9.72 Å². The summed E-state index contributed by atoms with van der Waals surface area (Å²) in [5.41, 5.74) is 0.627. The van der Waals surface area contributed by atoms with Crippen molar-refractivity contribution in [1.29, 1.82) is 0 Å². The van der Waals surface area contributed by atoms with Crippen LogP contribution in [-0.2, 0) is 4.79 Å². The second kappa shape index (κ2) is 4.87. The number of non-ortho nitro benzene ring substituents is 1. The van der Waals surface area contributed by atoms with Gasteiger partial charge in [-0.25, -0.2) is 0 Å². The van der Waals surface area contributed by atoms with Gasteiger partial charge in [-0.3, -0.25) is 14.9 Å². The molecule has 0 aliphatic rings. The van der Waals surface area contributed by atoms with E-state index >= 15 is 0 Å². The molecule has 0 saturated heterocycles. The zero-order chi connectivity index (χ0) is 10.7. The Labute approximate surface area is 107 Å². The van der Waals surface area contributed by atoms with Crippen molar-refractivity contribution >= 4 is 63.0 Å². The summed E-state index contributed by atoms with van der Waals surface area (Å²) in [6, 6.07) is 2.82. The maximum atomic E-state index is 10.5. The minimum atomic E-state index is -0.463. The molecule has 1 amide bonds. The highest BCUT2D eigenvalue weighted by molar-refractivity contribution is 14.1. The van der Waals surface area contributed by atoms with Crippen molar-refractivity contribution in [3.63, 3.8) is 0 Å². The fourth-order valence-corrected chi connectivity index (χ4v) is 2.91. The van der Waals surface area contributed by atoms with Gasteiger partial charge in [0.25, 0.3) is 5.69 Å². The van der Waals surface area contributed by atoms with E-state index in [1.165, 1.54) is 12.1 Å². The predicted molar refractivity (Wildman–Crippen MR) is 68.2 cm³/mol. The molecule has 0 unspecified atom stereocenters. The zero-order valence-electron chi connectivity index (χ0n) is 6.66. The number of amides is 1. The first-order chi connectivity index (χ1) is 6.56. The number of rotatable bonds is 3. The van der Waals surface area contributed by atoms with Crippen molar-refractivity contribution in [3.05, 3.63) is 29.4 Å². The number of hydrogen-bond donors (Lipinski definition) is 1. The van der Waals surface area contributed by atoms with E-state index in [1.807, 2.05) is 45.2 Å². The normalized spacial score (nSPS) is 9.57. The molecule has 0 spiro atoms. The lowest BCUT2D eigenvalue weighted by Crippen LogP contribution is -2.00. The summed E-state index contributed by atoms with van der Waals surface area (Å²) < 4.78 is 1.29. The third kappa shape index (κ3) is 2.53. The van der Waals surface area contributed by atoms with Crippen molar-refractivity contribution in [2.75, 3.05) is 5.32 Å². The molecule has 0 saturated carbocycles. The van der Waals surface area contributed by atoms with E-state index in [2.05, 4.69) is 5.32 Å². The van der Waals surface area contributed by atoms with E-state index < -0.39 is 4.92 Å². The summed E-state index contributed by atoms with van der Waals surface area (Å²) in [6.45, 7) is 0. The Morgan fingerprint density at radius 3 is 2.21 bits per heavy atom. The van der Waals surface area contributed by atoms with Crippen LogP contribution in [0.15, 0.2) is 12.1 Å². The first-order valence-electron chi connectivity index (χ1n) is 3.40. The van der Waals surface area contributed by atoms with E-state index in [4.69, 9.17) is 0 Å². The molecule has 0 atom stereocenters. The molecule has 1 aromatic rings. The Morgan fingerprint density at radius 1 is 1.36 bits per heavy atom. The summed E-state index contributed by atoms with van der Waals surface area (Å²) in [5, 5.41) is 13.0. The fraction of sp³-hybridized carbons (Fsp3) is 0. The minimum Gasteiger partial charge on any atom is -0.327 e. The van der Waals surface area contributed by atoms with Gasteiger partial charge in [0, 0.05) is 19.3 Å². The van der Waals surface area contributed by atoms with Gasteiger partial charge in [0.05, 0.1) is 10.6 Å². The van der Waals surface area contributed by atoms with Gasteiger partial charge in [0.15, 0.2) is 0 Å². The Morgan fingerprint density at radius 2 is 1.86 bits per heavy atom. The number of nitro groups is 1. The lowest BCUT2D eigenvalue weighted by atomic mass is 10.3. The number of carbonyl (C=O) groups excluding carboxylic acids is 1. The highest BCUT2D eigenvalue weighted by atomic mass is 127. The van der Waals surface area contributed by atoms with E-state index in [1.54, 1.807) is 0 Å². The summed E-state index contributed by atoms with van der Waals surface area (Å²) in [6.07, 6.45) is 0.547. The third-order valence-corrected chi connectivity index (χ3v) is 3.14. The highest BCUT2D eigenvalue weighted by Crippen LogP contribution is 2.29. The van der Waals surface area contributed by atoms with Crippen LogP contribution >= 0.6 is 45.2 Å². The van der Waals surface area contributed by atoms with Crippen molar-refractivity contribution in [3.8, 4) is 0 Å². The lowest BCUT2D eigenvalue weighted by molar-refractivity contribution is -0.385. The average Bonchev–Trinajstić information content (AvgIpc) is 2.10. The molecule has 0 bridgehead atoms. The van der Waals surface area contributed by atoms with E-state index in [0.29, 0.717) is 19.2 Å². The van der Waals surface area contributed by atoms with Crippen LogP contribution < -0.4 is 5.32 Å². The number of hydrogen-bond acceptors (Lipinski definition) is 3. The van der Waals surface area contributed by atoms with Gasteiger partial charge in [-0.15, -0.1) is 0 Å². The maximum Gasteiger partial charge on any atom is 0.271 e. The van der Waals surface area contributed by atoms with Crippen LogP contribution in [0, 0.1) is 17.3 Å². The number of nitrogens with zero attached hydrogens (tertiary/aromatic N) is 1. The third-order valence-electron chi connectivity index (χ3n) is 1.44. The van der Waals surface area contributed by atoms with Gasteiger partial charge in [0.2, 0.25) is 6.41 Å². The summed E-state index contributed by atoms with van der Waals surface area (Å²) in [7, 11) is 0. The first-order valence-corrected chi connectivity index (χ1v) is 5.55. The van der Waals surface area contributed by atoms with Gasteiger partial charge >= 0.3 is 0 Å². The molecule has 1 N–H and O–H groups in total. The van der Waals surface area contributed by atoms with E-state index in [9.17, 15) is 14.9 Å². The Bertz CT molecular complexity index is 372. The number of nitrogens with one attached hydrogen (secondary N) is 1. The predicted octanol–water partition coefficient (Wildman–Crippen LogP) is 2.37. The average molecular weight is 418 g/mol. The number of carbonyl (C=O) groups is 1. The lowest BCUT2D eigenvalue weighted by Gasteiger charge is -2.04. The second-order valence-electron chi connectivity index (χ2n) is 2.30. The van der Waals surface area contributed by atoms with Crippen LogP contribution in [0.25, 0.3) is 0 Å². The Balaban J connectivity index is 3.24. The minimum absolute atomic E-state index is 0.0234. The maximum absolute atomic E-state index is 10.5. The number of benzene rings is 1. The molecule has 5 nitrogen and oxygen atoms in total. The molecule has 0 aliphatic heterocycles. The molecule has 0 aromatic heterocycles. The van der Waals surface area contributed by atoms with Gasteiger partial charge in [-0.05, 0) is 45.2 Å². The number of anilines is 1. The van der Waals surface area contributed by atoms with Crippen LogP contribution in [0.4, 0.5) is 11.4 Å². The van der Waals surface area contributed by atoms with Crippen molar-refractivity contribution in [2.24, 2.45) is 0 Å². The largest absolute Gasteiger partial charge is 0.327 e. The monoisotopic (exact) mass is 418 g/mol. The molecule has 1 rings (SSSR count). The van der Waals surface area contributed by atoms with Crippen LogP contribution in [0.3, 0.4) is 0 Å². The van der Waals surface area contributed by atoms with Crippen molar-refractivity contribution in [2.45, 2.75) is 0 Å². The van der Waals surface area contributed by atoms with Gasteiger partial charge in [0.1, 0.15) is 0 Å². The highest BCUT2D eigenvalue weighted by Gasteiger charge is 2.12. The summed E-state index contributed by atoms with van der Waals surface area (Å²) in [4.78, 5) is 20.3. The molecule has 0 radical (unpaired) electrons. The van der Waals surface area contributed by atoms with Crippen LogP contribution in [-0.4, -0.2) is 11.3 Å². The van der Waals surface area contributed by atoms with Crippen molar-refractivity contribution in [1.82, 2.24) is 0 Å². The molecular formula is C7H4I2N2O3. The zero-order valence-corrected chi connectivity index (χ0v) is 11.0. The second-order valence-corrected chi connectivity index (χ2v) is 4.63. The molecule has 7 heteroatoms. The van der Waals surface area contributed by atoms with E-state index in [0.717, 1.165) is 0 Å². The molecule has 0 aliphatic carbocycles. The number of halogens is 2. The van der Waals surface area contributed by atoms with Gasteiger partial charge in [-0.2, -0.15) is 0 Å². The fourth-order valence-electron chi connectivity index (χ4n) is 0.862. The SMILES string of the molecule is O=CNc1c(I)cc([N+](=O)[O-])cc1I. The molecule has 0 heterocycles. The topological polar surface area (TPSA) is 72.2 Å². The molecule has 1 aromatic carbocycles. The summed E-state index contributed by atoms with van der Waals surface area (Å²) >= 11 is 3.88. The molecule has 0 fully saturated rings. The number of nitro benzene ring substituents is 1.